The average molecular weight is 751 g/mol. The van der Waals surface area contributed by atoms with Crippen molar-refractivity contribution in [1.82, 2.24) is 14.1 Å². The molecule has 0 saturated heterocycles. The van der Waals surface area contributed by atoms with Crippen molar-refractivity contribution < 1.29 is 13.7 Å². The number of fused-ring (bicyclic) bond motifs is 8. The Morgan fingerprint density at radius 3 is 2.16 bits per heavy atom. The van der Waals surface area contributed by atoms with Crippen LogP contribution in [-0.4, -0.2) is 14.1 Å². The summed E-state index contributed by atoms with van der Waals surface area (Å²) < 4.78 is 19.6. The normalized spacial score (nSPS) is 12.1. The lowest BCUT2D eigenvalue weighted by Gasteiger charge is -2.20. The van der Waals surface area contributed by atoms with E-state index in [4.69, 9.17) is 14.1 Å². The number of rotatable bonds is 6. The second-order valence-corrected chi connectivity index (χ2v) is 15.9. The summed E-state index contributed by atoms with van der Waals surface area (Å²) in [5, 5.41) is 4.42. The maximum Gasteiger partial charge on any atom is 0.269 e. The minimum Gasteiger partial charge on any atom is -0.458 e. The Hall–Kier alpha value is -7.44. The van der Waals surface area contributed by atoms with Crippen molar-refractivity contribution in [2.75, 3.05) is 0 Å². The summed E-state index contributed by atoms with van der Waals surface area (Å²) in [7, 11) is 0. The van der Waals surface area contributed by atoms with Gasteiger partial charge in [0.25, 0.3) is 6.33 Å². The van der Waals surface area contributed by atoms with Crippen molar-refractivity contribution in [3.05, 3.63) is 188 Å². The number of pyridine rings is 1. The van der Waals surface area contributed by atoms with Crippen molar-refractivity contribution in [1.29, 1.82) is 0 Å². The van der Waals surface area contributed by atoms with Gasteiger partial charge in [-0.05, 0) is 101 Å². The standard InChI is InChI=1S/C52H38N4O2/c1-52(2,3)36-27-28-53-49(30-36)56-45-29-35(34-13-6-4-7-14-34)21-23-41(45)42-24-22-40(32-46(42)56)57-39-18-12-17-38(31-39)54-33-55(37-15-8-5-9-16-37)51-44(54)25-26-48-50(51)43-19-10-11-20-47(43)58-48/h4-32H,1-3H3. The lowest BCUT2D eigenvalue weighted by Crippen LogP contribution is -2.29. The molecule has 0 saturated carbocycles. The molecule has 4 aromatic heterocycles. The fourth-order valence-corrected chi connectivity index (χ4v) is 8.31. The van der Waals surface area contributed by atoms with E-state index in [0.29, 0.717) is 0 Å². The zero-order chi connectivity index (χ0) is 39.0. The molecule has 278 valence electrons. The summed E-state index contributed by atoms with van der Waals surface area (Å²) in [6.45, 7) is 6.71. The first kappa shape index (κ1) is 33.9. The van der Waals surface area contributed by atoms with E-state index < -0.39 is 0 Å². The summed E-state index contributed by atoms with van der Waals surface area (Å²) in [5.74, 6) is 2.32. The van der Waals surface area contributed by atoms with Crippen LogP contribution in [0.2, 0.25) is 0 Å². The highest BCUT2D eigenvalue weighted by Gasteiger charge is 2.21. The SMILES string of the molecule is CC(C)(C)c1ccnc(-n2c3cc(Oc4cccc(-n5[c-][n+](-c6ccccc6)c6c7c(ccc65)oc5ccccc57)c4)ccc3c3ccc(-c4ccccc4)cc32)c1. The van der Waals surface area contributed by atoms with Crippen LogP contribution in [0.5, 0.6) is 11.5 Å². The number of hydrogen-bond donors (Lipinski definition) is 0. The first-order valence-electron chi connectivity index (χ1n) is 19.6. The minimum atomic E-state index is -0.0356. The maximum atomic E-state index is 6.74. The lowest BCUT2D eigenvalue weighted by molar-refractivity contribution is -0.571. The predicted octanol–water partition coefficient (Wildman–Crippen LogP) is 12.9. The highest BCUT2D eigenvalue weighted by Crippen LogP contribution is 2.39. The van der Waals surface area contributed by atoms with Gasteiger partial charge in [-0.15, -0.1) is 0 Å². The van der Waals surface area contributed by atoms with E-state index in [0.717, 1.165) is 89.0 Å². The van der Waals surface area contributed by atoms with Crippen LogP contribution in [0.15, 0.2) is 180 Å². The molecule has 58 heavy (non-hydrogen) atoms. The smallest absolute Gasteiger partial charge is 0.269 e. The fourth-order valence-electron chi connectivity index (χ4n) is 8.31. The number of imidazole rings is 1. The molecule has 4 heterocycles. The van der Waals surface area contributed by atoms with Crippen LogP contribution in [0.1, 0.15) is 26.3 Å². The molecule has 6 heteroatoms. The molecule has 0 aliphatic heterocycles. The highest BCUT2D eigenvalue weighted by atomic mass is 16.5. The van der Waals surface area contributed by atoms with Gasteiger partial charge in [0.2, 0.25) is 0 Å². The third-order valence-electron chi connectivity index (χ3n) is 11.2. The van der Waals surface area contributed by atoms with Gasteiger partial charge in [0.1, 0.15) is 28.5 Å². The van der Waals surface area contributed by atoms with Gasteiger partial charge in [0.05, 0.1) is 33.4 Å². The van der Waals surface area contributed by atoms with Gasteiger partial charge in [-0.1, -0.05) is 106 Å². The third-order valence-corrected chi connectivity index (χ3v) is 11.2. The maximum absolute atomic E-state index is 6.74. The summed E-state index contributed by atoms with van der Waals surface area (Å²) in [6.07, 6.45) is 5.60. The van der Waals surface area contributed by atoms with E-state index in [9.17, 15) is 0 Å². The van der Waals surface area contributed by atoms with Gasteiger partial charge < -0.3 is 9.15 Å². The molecule has 0 radical (unpaired) electrons. The number of nitrogens with zero attached hydrogens (tertiary/aromatic N) is 4. The van der Waals surface area contributed by atoms with Crippen LogP contribution in [0.4, 0.5) is 0 Å². The number of para-hydroxylation sites is 2. The van der Waals surface area contributed by atoms with Crippen molar-refractivity contribution in [3.63, 3.8) is 0 Å². The highest BCUT2D eigenvalue weighted by molar-refractivity contribution is 6.16. The van der Waals surface area contributed by atoms with Crippen LogP contribution in [-0.2, 0) is 5.41 Å². The van der Waals surface area contributed by atoms with Gasteiger partial charge in [-0.2, -0.15) is 0 Å². The van der Waals surface area contributed by atoms with Crippen LogP contribution in [0, 0.1) is 6.33 Å². The van der Waals surface area contributed by atoms with E-state index in [-0.39, 0.29) is 5.41 Å². The van der Waals surface area contributed by atoms with E-state index in [1.165, 1.54) is 11.1 Å². The molecule has 0 bridgehead atoms. The molecule has 0 fully saturated rings. The van der Waals surface area contributed by atoms with Crippen molar-refractivity contribution in [2.45, 2.75) is 26.2 Å². The van der Waals surface area contributed by atoms with Crippen LogP contribution >= 0.6 is 0 Å². The topological polar surface area (TPSA) is 49.0 Å². The van der Waals surface area contributed by atoms with E-state index in [1.807, 2.05) is 36.5 Å². The predicted molar refractivity (Wildman–Crippen MR) is 234 cm³/mol. The Labute approximate surface area is 335 Å². The molecule has 0 unspecified atom stereocenters. The number of benzene rings is 7. The van der Waals surface area contributed by atoms with E-state index >= 15 is 0 Å². The Bertz CT molecular complexity index is 3350. The van der Waals surface area contributed by atoms with Crippen molar-refractivity contribution in [2.24, 2.45) is 0 Å². The van der Waals surface area contributed by atoms with E-state index in [2.05, 4.69) is 180 Å². The molecule has 6 nitrogen and oxygen atoms in total. The molecular weight excluding hydrogens is 713 g/mol. The van der Waals surface area contributed by atoms with E-state index in [1.54, 1.807) is 0 Å². The summed E-state index contributed by atoms with van der Waals surface area (Å²) in [5.41, 5.74) is 11.3. The molecule has 0 amide bonds. The molecule has 7 aromatic carbocycles. The number of hydrogen-bond acceptors (Lipinski definition) is 3. The average Bonchev–Trinajstić information content (AvgIpc) is 3.93. The third kappa shape index (κ3) is 5.56. The van der Waals surface area contributed by atoms with Crippen LogP contribution in [0.25, 0.3) is 83.1 Å². The van der Waals surface area contributed by atoms with Crippen LogP contribution < -0.4 is 9.30 Å². The lowest BCUT2D eigenvalue weighted by atomic mass is 9.88. The monoisotopic (exact) mass is 750 g/mol. The Kier molecular flexibility index (Phi) is 7.63. The first-order chi connectivity index (χ1) is 28.4. The quantitative estimate of drug-likeness (QED) is 0.126. The number of ether oxygens (including phenoxy) is 1. The van der Waals surface area contributed by atoms with Gasteiger partial charge in [0.15, 0.2) is 0 Å². The van der Waals surface area contributed by atoms with Gasteiger partial charge in [-0.25, -0.2) is 4.98 Å². The molecule has 0 aliphatic carbocycles. The molecule has 0 N–H and O–H groups in total. The second kappa shape index (κ2) is 13.1. The van der Waals surface area contributed by atoms with Gasteiger partial charge >= 0.3 is 0 Å². The molecular formula is C52H38N4O2. The van der Waals surface area contributed by atoms with Gasteiger partial charge in [-0.3, -0.25) is 13.7 Å². The molecule has 11 rings (SSSR count). The van der Waals surface area contributed by atoms with Gasteiger partial charge in [0, 0.05) is 33.8 Å². The first-order valence-corrected chi connectivity index (χ1v) is 19.6. The Balaban J connectivity index is 1.05. The van der Waals surface area contributed by atoms with Crippen molar-refractivity contribution >= 4 is 54.8 Å². The fraction of sp³-hybridized carbons (Fsp3) is 0.0769. The van der Waals surface area contributed by atoms with Crippen LogP contribution in [0.3, 0.4) is 0 Å². The Morgan fingerprint density at radius 2 is 1.33 bits per heavy atom. The number of furan rings is 1. The largest absolute Gasteiger partial charge is 0.458 e. The summed E-state index contributed by atoms with van der Waals surface area (Å²) >= 11 is 0. The molecule has 0 aliphatic rings. The Morgan fingerprint density at radius 1 is 0.586 bits per heavy atom. The zero-order valence-electron chi connectivity index (χ0n) is 32.3. The zero-order valence-corrected chi connectivity index (χ0v) is 32.3. The summed E-state index contributed by atoms with van der Waals surface area (Å²) in [6, 6.07) is 58.9. The minimum absolute atomic E-state index is 0.0356. The number of aromatic nitrogens is 4. The molecule has 11 aromatic rings. The second-order valence-electron chi connectivity index (χ2n) is 15.9. The summed E-state index contributed by atoms with van der Waals surface area (Å²) in [4.78, 5) is 4.95. The molecule has 0 atom stereocenters. The van der Waals surface area contributed by atoms with Crippen molar-refractivity contribution in [3.8, 4) is 39.8 Å². The molecule has 0 spiro atoms.